The molecule has 1 aromatic heterocycles. The van der Waals surface area contributed by atoms with Gasteiger partial charge in [-0.3, -0.25) is 5.10 Å². The van der Waals surface area contributed by atoms with Gasteiger partial charge in [-0.1, -0.05) is 0 Å². The van der Waals surface area contributed by atoms with E-state index < -0.39 is 11.6 Å². The third-order valence-electron chi connectivity index (χ3n) is 2.21. The zero-order valence-electron chi connectivity index (χ0n) is 9.19. The Kier molecular flexibility index (Phi) is 3.28. The van der Waals surface area contributed by atoms with Crippen molar-refractivity contribution in [3.8, 4) is 0 Å². The zero-order valence-corrected chi connectivity index (χ0v) is 9.19. The standard InChI is InChI=1S/C10H10F2N6/c11-6-2-1-5(3-7(6)12)15-17-9-8(4-13)16-18-10(9)14/h1-3H,4,13H2,(H3,14,16,18). The molecule has 0 unspecified atom stereocenters. The summed E-state index contributed by atoms with van der Waals surface area (Å²) in [6, 6.07) is 3.18. The molecule has 0 saturated carbocycles. The molecule has 0 fully saturated rings. The van der Waals surface area contributed by atoms with E-state index in [0.717, 1.165) is 12.1 Å². The van der Waals surface area contributed by atoms with Crippen LogP contribution in [0.25, 0.3) is 0 Å². The molecule has 1 heterocycles. The van der Waals surface area contributed by atoms with E-state index in [2.05, 4.69) is 20.4 Å². The van der Waals surface area contributed by atoms with Crippen LogP contribution in [0.4, 0.5) is 26.0 Å². The van der Waals surface area contributed by atoms with Gasteiger partial charge in [0.15, 0.2) is 23.1 Å². The molecular formula is C10H10F2N6. The van der Waals surface area contributed by atoms with Gasteiger partial charge in [-0.25, -0.2) is 8.78 Å². The van der Waals surface area contributed by atoms with Gasteiger partial charge in [-0.15, -0.1) is 5.11 Å². The van der Waals surface area contributed by atoms with E-state index in [1.54, 1.807) is 0 Å². The molecule has 5 N–H and O–H groups in total. The first-order valence-electron chi connectivity index (χ1n) is 5.01. The maximum Gasteiger partial charge on any atom is 0.173 e. The van der Waals surface area contributed by atoms with Crippen LogP contribution in [0.5, 0.6) is 0 Å². The molecule has 18 heavy (non-hydrogen) atoms. The van der Waals surface area contributed by atoms with Crippen LogP contribution in [0.15, 0.2) is 28.4 Å². The van der Waals surface area contributed by atoms with Gasteiger partial charge in [0.1, 0.15) is 0 Å². The van der Waals surface area contributed by atoms with Crippen molar-refractivity contribution in [2.45, 2.75) is 6.54 Å². The van der Waals surface area contributed by atoms with Crippen LogP contribution >= 0.6 is 0 Å². The van der Waals surface area contributed by atoms with Gasteiger partial charge in [-0.05, 0) is 12.1 Å². The number of nitrogen functional groups attached to an aromatic ring is 1. The maximum atomic E-state index is 12.9. The van der Waals surface area contributed by atoms with Crippen LogP contribution in [-0.4, -0.2) is 10.2 Å². The summed E-state index contributed by atoms with van der Waals surface area (Å²) in [6.45, 7) is 0.163. The third-order valence-corrected chi connectivity index (χ3v) is 2.21. The van der Waals surface area contributed by atoms with Crippen LogP contribution in [0.3, 0.4) is 0 Å². The summed E-state index contributed by atoms with van der Waals surface area (Å²) in [4.78, 5) is 0. The predicted molar refractivity (Wildman–Crippen MR) is 61.4 cm³/mol. The van der Waals surface area contributed by atoms with Crippen molar-refractivity contribution in [1.82, 2.24) is 10.2 Å². The molecule has 94 valence electrons. The lowest BCUT2D eigenvalue weighted by Gasteiger charge is -1.95. The molecule has 0 aliphatic heterocycles. The monoisotopic (exact) mass is 252 g/mol. The van der Waals surface area contributed by atoms with Crippen molar-refractivity contribution >= 4 is 17.2 Å². The van der Waals surface area contributed by atoms with Crippen molar-refractivity contribution in [3.63, 3.8) is 0 Å². The minimum absolute atomic E-state index is 0.141. The molecule has 0 aliphatic carbocycles. The summed E-state index contributed by atoms with van der Waals surface area (Å²) in [5.74, 6) is -1.80. The Morgan fingerprint density at radius 1 is 1.22 bits per heavy atom. The fourth-order valence-electron chi connectivity index (χ4n) is 1.30. The molecule has 2 aromatic rings. The fraction of sp³-hybridized carbons (Fsp3) is 0.100. The number of benzene rings is 1. The number of nitrogens with one attached hydrogen (secondary N) is 1. The van der Waals surface area contributed by atoms with E-state index in [-0.39, 0.29) is 18.1 Å². The van der Waals surface area contributed by atoms with Gasteiger partial charge in [0.25, 0.3) is 0 Å². The summed E-state index contributed by atoms with van der Waals surface area (Å²) in [7, 11) is 0. The fourth-order valence-corrected chi connectivity index (χ4v) is 1.30. The van der Waals surface area contributed by atoms with E-state index in [9.17, 15) is 8.78 Å². The molecule has 2 rings (SSSR count). The number of aromatic nitrogens is 2. The second-order valence-electron chi connectivity index (χ2n) is 3.44. The number of nitrogens with zero attached hydrogens (tertiary/aromatic N) is 3. The first-order valence-corrected chi connectivity index (χ1v) is 5.01. The zero-order chi connectivity index (χ0) is 13.1. The van der Waals surface area contributed by atoms with Gasteiger partial charge in [0.05, 0.1) is 11.4 Å². The lowest BCUT2D eigenvalue weighted by molar-refractivity contribution is 0.509. The predicted octanol–water partition coefficient (Wildman–Crippen LogP) is 2.14. The quantitative estimate of drug-likeness (QED) is 0.728. The minimum Gasteiger partial charge on any atom is -0.380 e. The Hall–Kier alpha value is -2.35. The summed E-state index contributed by atoms with van der Waals surface area (Å²) in [5, 5.41) is 13.9. The molecular weight excluding hydrogens is 242 g/mol. The Balaban J connectivity index is 2.29. The molecule has 0 spiro atoms. The summed E-state index contributed by atoms with van der Waals surface area (Å²) in [6.07, 6.45) is 0. The Morgan fingerprint density at radius 2 is 2.00 bits per heavy atom. The minimum atomic E-state index is -0.995. The average Bonchev–Trinajstić information content (AvgIpc) is 2.71. The number of nitrogens with two attached hydrogens (primary N) is 2. The number of aromatic amines is 1. The van der Waals surface area contributed by atoms with Crippen LogP contribution < -0.4 is 11.5 Å². The van der Waals surface area contributed by atoms with Gasteiger partial charge in [-0.2, -0.15) is 10.2 Å². The van der Waals surface area contributed by atoms with Gasteiger partial charge in [0.2, 0.25) is 0 Å². The van der Waals surface area contributed by atoms with E-state index in [1.165, 1.54) is 6.07 Å². The molecule has 0 radical (unpaired) electrons. The second kappa shape index (κ2) is 4.88. The molecule has 8 heteroatoms. The van der Waals surface area contributed by atoms with Crippen LogP contribution in [0, 0.1) is 11.6 Å². The molecule has 0 atom stereocenters. The smallest absolute Gasteiger partial charge is 0.173 e. The molecule has 0 amide bonds. The van der Waals surface area contributed by atoms with Crippen molar-refractivity contribution in [1.29, 1.82) is 0 Å². The SMILES string of the molecule is NCc1[nH]nc(N)c1N=Nc1ccc(F)c(F)c1. The molecule has 6 nitrogen and oxygen atoms in total. The summed E-state index contributed by atoms with van der Waals surface area (Å²) < 4.78 is 25.6. The highest BCUT2D eigenvalue weighted by Crippen LogP contribution is 2.26. The van der Waals surface area contributed by atoms with Crippen molar-refractivity contribution in [2.24, 2.45) is 16.0 Å². The second-order valence-corrected chi connectivity index (χ2v) is 3.44. The van der Waals surface area contributed by atoms with Crippen molar-refractivity contribution in [2.75, 3.05) is 5.73 Å². The number of hydrogen-bond donors (Lipinski definition) is 3. The van der Waals surface area contributed by atoms with Gasteiger partial charge >= 0.3 is 0 Å². The molecule has 0 saturated heterocycles. The molecule has 0 bridgehead atoms. The number of halogens is 2. The number of H-pyrrole nitrogens is 1. The first kappa shape index (κ1) is 12.1. The lowest BCUT2D eigenvalue weighted by Crippen LogP contribution is -1.96. The van der Waals surface area contributed by atoms with Crippen LogP contribution in [0.2, 0.25) is 0 Å². The normalized spacial score (nSPS) is 11.3. The topological polar surface area (TPSA) is 105 Å². The molecule has 0 aliphatic rings. The van der Waals surface area contributed by atoms with Crippen LogP contribution in [-0.2, 0) is 6.54 Å². The van der Waals surface area contributed by atoms with E-state index in [0.29, 0.717) is 11.4 Å². The Labute approximate surface area is 101 Å². The van der Waals surface area contributed by atoms with E-state index in [1.807, 2.05) is 0 Å². The highest BCUT2D eigenvalue weighted by atomic mass is 19.2. The Bertz CT molecular complexity index is 592. The average molecular weight is 252 g/mol. The Morgan fingerprint density at radius 3 is 2.67 bits per heavy atom. The maximum absolute atomic E-state index is 12.9. The number of rotatable bonds is 3. The van der Waals surface area contributed by atoms with Gasteiger partial charge in [0, 0.05) is 12.6 Å². The lowest BCUT2D eigenvalue weighted by atomic mass is 10.3. The van der Waals surface area contributed by atoms with Crippen LogP contribution in [0.1, 0.15) is 5.69 Å². The first-order chi connectivity index (χ1) is 8.61. The highest BCUT2D eigenvalue weighted by molar-refractivity contribution is 5.60. The largest absolute Gasteiger partial charge is 0.380 e. The summed E-state index contributed by atoms with van der Waals surface area (Å²) >= 11 is 0. The van der Waals surface area contributed by atoms with Crippen molar-refractivity contribution in [3.05, 3.63) is 35.5 Å². The number of hydrogen-bond acceptors (Lipinski definition) is 5. The van der Waals surface area contributed by atoms with Gasteiger partial charge < -0.3 is 11.5 Å². The summed E-state index contributed by atoms with van der Waals surface area (Å²) in [5.41, 5.74) is 12.0. The van der Waals surface area contributed by atoms with Crippen molar-refractivity contribution < 1.29 is 8.78 Å². The number of azo groups is 1. The third kappa shape index (κ3) is 2.33. The molecule has 1 aromatic carbocycles. The highest BCUT2D eigenvalue weighted by Gasteiger charge is 2.08. The van der Waals surface area contributed by atoms with E-state index in [4.69, 9.17) is 11.5 Å². The van der Waals surface area contributed by atoms with E-state index >= 15 is 0 Å². The number of anilines is 1.